The first-order valence-electron chi connectivity index (χ1n) is 7.54. The Bertz CT molecular complexity index is 1040. The lowest BCUT2D eigenvalue weighted by molar-refractivity contribution is 0.707. The molecule has 3 aromatic rings. The Morgan fingerprint density at radius 1 is 1.12 bits per heavy atom. The summed E-state index contributed by atoms with van der Waals surface area (Å²) in [5.41, 5.74) is 2.10. The van der Waals surface area contributed by atoms with E-state index in [2.05, 4.69) is 26.2 Å². The molecule has 0 unspecified atom stereocenters. The van der Waals surface area contributed by atoms with Crippen LogP contribution >= 0.6 is 15.9 Å². The summed E-state index contributed by atoms with van der Waals surface area (Å²) < 4.78 is 3.47. The van der Waals surface area contributed by atoms with E-state index in [0.717, 1.165) is 20.3 Å². The van der Waals surface area contributed by atoms with Crippen molar-refractivity contribution in [2.75, 3.05) is 5.32 Å². The van der Waals surface area contributed by atoms with Crippen LogP contribution in [0.1, 0.15) is 12.5 Å². The van der Waals surface area contributed by atoms with E-state index in [1.165, 1.54) is 11.6 Å². The lowest BCUT2D eigenvalue weighted by Gasteiger charge is -2.15. The van der Waals surface area contributed by atoms with Crippen LogP contribution in [0.3, 0.4) is 0 Å². The summed E-state index contributed by atoms with van der Waals surface area (Å²) in [5.74, 6) is 0. The number of aryl methyl sites for hydroxylation is 2. The second kappa shape index (κ2) is 6.24. The number of anilines is 2. The van der Waals surface area contributed by atoms with Gasteiger partial charge in [-0.15, -0.1) is 0 Å². The number of pyridine rings is 1. The van der Waals surface area contributed by atoms with Gasteiger partial charge in [-0.1, -0.05) is 22.9 Å². The fraction of sp³-hybridized carbons (Fsp3) is 0.235. The summed E-state index contributed by atoms with van der Waals surface area (Å²) in [7, 11) is 3.10. The van der Waals surface area contributed by atoms with Crippen molar-refractivity contribution in [3.8, 4) is 0 Å². The highest BCUT2D eigenvalue weighted by Gasteiger charge is 2.16. The Morgan fingerprint density at radius 3 is 2.42 bits per heavy atom. The third-order valence-electron chi connectivity index (χ3n) is 4.04. The average Bonchev–Trinajstić information content (AvgIpc) is 2.59. The van der Waals surface area contributed by atoms with Crippen molar-refractivity contribution in [2.24, 2.45) is 14.1 Å². The molecule has 7 heteroatoms. The molecule has 0 aliphatic heterocycles. The summed E-state index contributed by atoms with van der Waals surface area (Å²) in [6.45, 7) is 2.00. The summed E-state index contributed by atoms with van der Waals surface area (Å²) in [5, 5.41) is 3.74. The molecule has 0 atom stereocenters. The molecule has 0 saturated carbocycles. The van der Waals surface area contributed by atoms with Crippen molar-refractivity contribution >= 4 is 38.3 Å². The molecule has 24 heavy (non-hydrogen) atoms. The predicted molar refractivity (Wildman–Crippen MR) is 99.0 cm³/mol. The maximum absolute atomic E-state index is 12.7. The molecule has 1 aromatic carbocycles. The van der Waals surface area contributed by atoms with Crippen molar-refractivity contribution in [1.82, 2.24) is 14.1 Å². The van der Waals surface area contributed by atoms with E-state index in [0.29, 0.717) is 23.1 Å². The molecule has 0 bridgehead atoms. The minimum Gasteiger partial charge on any atom is -0.354 e. The quantitative estimate of drug-likeness (QED) is 0.748. The van der Waals surface area contributed by atoms with Gasteiger partial charge in [-0.3, -0.25) is 13.9 Å². The van der Waals surface area contributed by atoms with Gasteiger partial charge in [-0.05, 0) is 36.2 Å². The largest absolute Gasteiger partial charge is 0.354 e. The van der Waals surface area contributed by atoms with Gasteiger partial charge < -0.3 is 5.32 Å². The first-order chi connectivity index (χ1) is 11.4. The molecule has 2 aromatic heterocycles. The fourth-order valence-corrected chi connectivity index (χ4v) is 2.92. The third-order valence-corrected chi connectivity index (χ3v) is 4.57. The van der Waals surface area contributed by atoms with Crippen LogP contribution in [0.25, 0.3) is 11.0 Å². The number of nitrogens with one attached hydrogen (secondary N) is 1. The number of hydrogen-bond donors (Lipinski definition) is 1. The van der Waals surface area contributed by atoms with Gasteiger partial charge in [-0.2, -0.15) is 0 Å². The second-order valence-electron chi connectivity index (χ2n) is 5.55. The van der Waals surface area contributed by atoms with Crippen LogP contribution in [0, 0.1) is 0 Å². The van der Waals surface area contributed by atoms with Gasteiger partial charge in [0.2, 0.25) is 0 Å². The molecule has 0 aliphatic carbocycles. The number of hydrogen-bond acceptors (Lipinski definition) is 4. The lowest BCUT2D eigenvalue weighted by Crippen LogP contribution is -2.37. The van der Waals surface area contributed by atoms with Gasteiger partial charge in [0.05, 0.1) is 5.69 Å². The van der Waals surface area contributed by atoms with Crippen molar-refractivity contribution < 1.29 is 0 Å². The Hall–Kier alpha value is -2.41. The van der Waals surface area contributed by atoms with E-state index in [1.807, 2.05) is 31.2 Å². The predicted octanol–water partition coefficient (Wildman–Crippen LogP) is 2.70. The molecule has 3 rings (SSSR count). The Morgan fingerprint density at radius 2 is 1.79 bits per heavy atom. The fourth-order valence-electron chi connectivity index (χ4n) is 2.66. The van der Waals surface area contributed by atoms with E-state index < -0.39 is 0 Å². The number of nitrogens with zero attached hydrogens (tertiary/aromatic N) is 3. The number of aromatic nitrogens is 3. The molecule has 0 spiro atoms. The second-order valence-corrected chi connectivity index (χ2v) is 6.46. The monoisotopic (exact) mass is 388 g/mol. The smallest absolute Gasteiger partial charge is 0.332 e. The molecule has 0 aliphatic rings. The molecular weight excluding hydrogens is 372 g/mol. The molecular formula is C17H17BrN4O2. The maximum Gasteiger partial charge on any atom is 0.332 e. The highest BCUT2D eigenvalue weighted by atomic mass is 79.9. The lowest BCUT2D eigenvalue weighted by atomic mass is 10.1. The number of fused-ring (bicyclic) bond motifs is 1. The Balaban J connectivity index is 2.34. The average molecular weight is 389 g/mol. The van der Waals surface area contributed by atoms with Crippen LogP contribution in [-0.2, 0) is 20.5 Å². The van der Waals surface area contributed by atoms with Crippen molar-refractivity contribution in [3.05, 3.63) is 61.3 Å². The van der Waals surface area contributed by atoms with E-state index in [4.69, 9.17) is 0 Å². The highest BCUT2D eigenvalue weighted by molar-refractivity contribution is 9.10. The molecule has 124 valence electrons. The van der Waals surface area contributed by atoms with Crippen molar-refractivity contribution in [1.29, 1.82) is 0 Å². The van der Waals surface area contributed by atoms with Crippen LogP contribution in [0.5, 0.6) is 0 Å². The zero-order valence-electron chi connectivity index (χ0n) is 13.6. The highest BCUT2D eigenvalue weighted by Crippen LogP contribution is 2.27. The number of halogens is 1. The van der Waals surface area contributed by atoms with Crippen LogP contribution in [0.4, 0.5) is 11.4 Å². The van der Waals surface area contributed by atoms with E-state index in [-0.39, 0.29) is 11.2 Å². The van der Waals surface area contributed by atoms with E-state index in [9.17, 15) is 9.59 Å². The van der Waals surface area contributed by atoms with Gasteiger partial charge in [0.15, 0.2) is 5.65 Å². The van der Waals surface area contributed by atoms with Gasteiger partial charge in [-0.25, -0.2) is 9.78 Å². The molecule has 0 saturated heterocycles. The summed E-state index contributed by atoms with van der Waals surface area (Å²) in [4.78, 5) is 29.2. The zero-order valence-corrected chi connectivity index (χ0v) is 15.2. The molecule has 0 fully saturated rings. The zero-order chi connectivity index (χ0) is 17.4. The number of rotatable bonds is 3. The first kappa shape index (κ1) is 16.4. The van der Waals surface area contributed by atoms with Gasteiger partial charge >= 0.3 is 5.69 Å². The Labute approximate surface area is 146 Å². The number of benzene rings is 1. The normalized spacial score (nSPS) is 11.0. The van der Waals surface area contributed by atoms with Crippen molar-refractivity contribution in [2.45, 2.75) is 13.3 Å². The van der Waals surface area contributed by atoms with Gasteiger partial charge in [0, 0.05) is 30.5 Å². The van der Waals surface area contributed by atoms with Crippen LogP contribution < -0.4 is 16.6 Å². The molecule has 1 N–H and O–H groups in total. The molecule has 0 radical (unpaired) electrons. The standard InChI is InChI=1S/C17H17BrN4O2/c1-4-10-9-19-15-13(16(23)22(3)17(24)21(15)2)14(10)20-12-7-5-11(18)6-8-12/h5-9H,4H2,1-3H3,(H,19,20). The molecule has 0 amide bonds. The van der Waals surface area contributed by atoms with Crippen LogP contribution in [-0.4, -0.2) is 14.1 Å². The summed E-state index contributed by atoms with van der Waals surface area (Å²) in [6, 6.07) is 7.68. The van der Waals surface area contributed by atoms with Crippen LogP contribution in [0.15, 0.2) is 44.5 Å². The minimum absolute atomic E-state index is 0.351. The Kier molecular flexibility index (Phi) is 4.28. The van der Waals surface area contributed by atoms with Gasteiger partial charge in [0.25, 0.3) is 5.56 Å². The summed E-state index contributed by atoms with van der Waals surface area (Å²) in [6.07, 6.45) is 2.43. The third kappa shape index (κ3) is 2.65. The molecule has 6 nitrogen and oxygen atoms in total. The SMILES string of the molecule is CCc1cnc2c(c1Nc1ccc(Br)cc1)c(=O)n(C)c(=O)n2C. The van der Waals surface area contributed by atoms with Gasteiger partial charge in [0.1, 0.15) is 5.39 Å². The molecule has 2 heterocycles. The topological polar surface area (TPSA) is 68.9 Å². The first-order valence-corrected chi connectivity index (χ1v) is 8.33. The van der Waals surface area contributed by atoms with E-state index in [1.54, 1.807) is 13.2 Å². The van der Waals surface area contributed by atoms with E-state index >= 15 is 0 Å². The minimum atomic E-state index is -0.390. The van der Waals surface area contributed by atoms with Crippen LogP contribution in [0.2, 0.25) is 0 Å². The van der Waals surface area contributed by atoms with Crippen molar-refractivity contribution in [3.63, 3.8) is 0 Å². The maximum atomic E-state index is 12.7. The summed E-state index contributed by atoms with van der Waals surface area (Å²) >= 11 is 3.41.